The normalized spacial score (nSPS) is 20.4. The van der Waals surface area contributed by atoms with Crippen molar-refractivity contribution in [3.05, 3.63) is 72.9 Å². The van der Waals surface area contributed by atoms with Crippen LogP contribution in [0.2, 0.25) is 0 Å². The molecule has 1 saturated heterocycles. The summed E-state index contributed by atoms with van der Waals surface area (Å²) in [6.07, 6.45) is 56.6. The molecule has 0 aromatic heterocycles. The van der Waals surface area contributed by atoms with Gasteiger partial charge >= 0.3 is 0 Å². The van der Waals surface area contributed by atoms with E-state index in [9.17, 15) is 30.3 Å². The average molecular weight is 928 g/mol. The molecule has 1 amide bonds. The van der Waals surface area contributed by atoms with Crippen LogP contribution in [-0.4, -0.2) is 87.5 Å². The van der Waals surface area contributed by atoms with Gasteiger partial charge in [-0.3, -0.25) is 4.79 Å². The van der Waals surface area contributed by atoms with Crippen LogP contribution in [0.25, 0.3) is 0 Å². The number of nitrogens with one attached hydrogen (secondary N) is 1. The minimum Gasteiger partial charge on any atom is -0.394 e. The molecule has 7 atom stereocenters. The van der Waals surface area contributed by atoms with Crippen molar-refractivity contribution < 1.29 is 39.8 Å². The van der Waals surface area contributed by atoms with Gasteiger partial charge in [-0.1, -0.05) is 209 Å². The molecule has 7 unspecified atom stereocenters. The smallest absolute Gasteiger partial charge is 0.220 e. The summed E-state index contributed by atoms with van der Waals surface area (Å²) in [6.45, 7) is 3.74. The number of unbranched alkanes of at least 4 members (excludes halogenated alkanes) is 25. The fourth-order valence-electron chi connectivity index (χ4n) is 8.14. The summed E-state index contributed by atoms with van der Waals surface area (Å²) in [5.41, 5.74) is 0. The molecule has 0 bridgehead atoms. The first-order chi connectivity index (χ1) is 32.3. The first-order valence-corrected chi connectivity index (χ1v) is 27.2. The number of aliphatic hydroxyl groups is 5. The average Bonchev–Trinajstić information content (AvgIpc) is 3.32. The Labute approximate surface area is 404 Å². The molecule has 1 aliphatic rings. The van der Waals surface area contributed by atoms with Gasteiger partial charge in [-0.15, -0.1) is 0 Å². The first-order valence-electron chi connectivity index (χ1n) is 27.2. The molecular weight excluding hydrogens is 827 g/mol. The van der Waals surface area contributed by atoms with E-state index >= 15 is 0 Å². The van der Waals surface area contributed by atoms with E-state index in [1.807, 2.05) is 6.08 Å². The highest BCUT2D eigenvalue weighted by atomic mass is 16.7. The monoisotopic (exact) mass is 928 g/mol. The summed E-state index contributed by atoms with van der Waals surface area (Å²) < 4.78 is 11.2. The second kappa shape index (κ2) is 46.4. The topological polar surface area (TPSA) is 149 Å². The second-order valence-electron chi connectivity index (χ2n) is 18.6. The quantitative estimate of drug-likeness (QED) is 0.0261. The lowest BCUT2D eigenvalue weighted by atomic mass is 9.99. The molecule has 0 saturated carbocycles. The Morgan fingerprint density at radius 1 is 0.515 bits per heavy atom. The van der Waals surface area contributed by atoms with Crippen LogP contribution in [0.3, 0.4) is 0 Å². The highest BCUT2D eigenvalue weighted by Crippen LogP contribution is 2.23. The SMILES string of the molecule is CCCCCCC/C=C\C/C=C\C/C=C\CCCCCCCCCCC(=O)NC(COC1OC(CO)C(O)C(O)C1O)C(O)/C=C/CC/C=C/CC/C=C/CCCCCCCCCCCC. The van der Waals surface area contributed by atoms with Gasteiger partial charge in [-0.05, 0) is 83.5 Å². The molecule has 6 N–H and O–H groups in total. The Bertz CT molecular complexity index is 1260. The van der Waals surface area contributed by atoms with E-state index in [0.717, 1.165) is 70.6 Å². The Balaban J connectivity index is 2.32. The van der Waals surface area contributed by atoms with Crippen molar-refractivity contribution in [2.24, 2.45) is 0 Å². The predicted molar refractivity (Wildman–Crippen MR) is 276 cm³/mol. The Kier molecular flexibility index (Phi) is 43.3. The Morgan fingerprint density at radius 2 is 0.909 bits per heavy atom. The zero-order chi connectivity index (χ0) is 48.0. The molecule has 0 aromatic rings. The van der Waals surface area contributed by atoms with E-state index in [2.05, 4.69) is 79.9 Å². The maximum atomic E-state index is 13.0. The number of rotatable bonds is 45. The number of aliphatic hydroxyl groups excluding tert-OH is 5. The van der Waals surface area contributed by atoms with Gasteiger partial charge in [0, 0.05) is 6.42 Å². The molecule has 66 heavy (non-hydrogen) atoms. The summed E-state index contributed by atoms with van der Waals surface area (Å²) >= 11 is 0. The molecule has 1 fully saturated rings. The predicted octanol–water partition coefficient (Wildman–Crippen LogP) is 12.9. The molecule has 0 radical (unpaired) electrons. The summed E-state index contributed by atoms with van der Waals surface area (Å²) in [5.74, 6) is -0.200. The van der Waals surface area contributed by atoms with Crippen LogP contribution in [0.1, 0.15) is 226 Å². The van der Waals surface area contributed by atoms with Crippen LogP contribution < -0.4 is 5.32 Å². The molecule has 9 heteroatoms. The maximum Gasteiger partial charge on any atom is 0.220 e. The van der Waals surface area contributed by atoms with Gasteiger partial charge in [0.15, 0.2) is 6.29 Å². The number of carbonyl (C=O) groups excluding carboxylic acids is 1. The molecule has 0 spiro atoms. The van der Waals surface area contributed by atoms with Gasteiger partial charge in [0.1, 0.15) is 24.4 Å². The first kappa shape index (κ1) is 61.6. The molecule has 382 valence electrons. The van der Waals surface area contributed by atoms with E-state index < -0.39 is 49.5 Å². The highest BCUT2D eigenvalue weighted by Gasteiger charge is 2.44. The number of carbonyl (C=O) groups is 1. The lowest BCUT2D eigenvalue weighted by Crippen LogP contribution is -2.60. The van der Waals surface area contributed by atoms with Crippen molar-refractivity contribution in [1.29, 1.82) is 0 Å². The number of allylic oxidation sites excluding steroid dienone is 11. The van der Waals surface area contributed by atoms with Crippen molar-refractivity contribution >= 4 is 5.91 Å². The van der Waals surface area contributed by atoms with Crippen LogP contribution in [0.15, 0.2) is 72.9 Å². The van der Waals surface area contributed by atoms with Crippen molar-refractivity contribution in [3.8, 4) is 0 Å². The van der Waals surface area contributed by atoms with Crippen LogP contribution in [0, 0.1) is 0 Å². The number of ether oxygens (including phenoxy) is 2. The lowest BCUT2D eigenvalue weighted by molar-refractivity contribution is -0.302. The Hall–Kier alpha value is -2.37. The van der Waals surface area contributed by atoms with Crippen LogP contribution in [0.5, 0.6) is 0 Å². The van der Waals surface area contributed by atoms with Gasteiger partial charge in [-0.2, -0.15) is 0 Å². The van der Waals surface area contributed by atoms with Crippen LogP contribution in [0.4, 0.5) is 0 Å². The molecule has 1 heterocycles. The van der Waals surface area contributed by atoms with E-state index in [-0.39, 0.29) is 12.5 Å². The standard InChI is InChI=1S/C57H101NO8/c1-3-5-7-9-11-13-15-17-19-21-23-25-26-27-29-31-33-35-37-39-41-43-45-47-53(61)58-50(49-65-57-56(64)55(63)54(62)52(48-59)66-57)51(60)46-44-42-40-38-36-34-32-30-28-24-22-20-18-16-14-12-10-8-6-4-2/h15,17,21,23,26-28,30,36,38,44,46,50-52,54-57,59-60,62-64H,3-14,16,18-20,22,24-25,29,31-35,37,39-43,45,47-49H2,1-2H3,(H,58,61)/b17-15-,23-21-,27-26-,30-28+,38-36+,46-44+. The van der Waals surface area contributed by atoms with Crippen molar-refractivity contribution in [2.75, 3.05) is 13.2 Å². The maximum absolute atomic E-state index is 13.0. The second-order valence-corrected chi connectivity index (χ2v) is 18.6. The number of hydrogen-bond donors (Lipinski definition) is 6. The zero-order valence-electron chi connectivity index (χ0n) is 42.2. The van der Waals surface area contributed by atoms with E-state index in [1.54, 1.807) is 6.08 Å². The van der Waals surface area contributed by atoms with E-state index in [1.165, 1.54) is 135 Å². The molecule has 0 aliphatic carbocycles. The van der Waals surface area contributed by atoms with E-state index in [0.29, 0.717) is 6.42 Å². The van der Waals surface area contributed by atoms with Crippen molar-refractivity contribution in [2.45, 2.75) is 269 Å². The third kappa shape index (κ3) is 35.7. The van der Waals surface area contributed by atoms with E-state index in [4.69, 9.17) is 9.47 Å². The third-order valence-electron chi connectivity index (χ3n) is 12.5. The molecule has 9 nitrogen and oxygen atoms in total. The minimum atomic E-state index is -1.58. The van der Waals surface area contributed by atoms with Gasteiger partial charge in [-0.25, -0.2) is 0 Å². The molecular formula is C57H101NO8. The molecule has 0 aromatic carbocycles. The summed E-state index contributed by atoms with van der Waals surface area (Å²) in [7, 11) is 0. The summed E-state index contributed by atoms with van der Waals surface area (Å²) in [4.78, 5) is 13.0. The zero-order valence-corrected chi connectivity index (χ0v) is 42.2. The minimum absolute atomic E-state index is 0.200. The summed E-state index contributed by atoms with van der Waals surface area (Å²) in [5, 5.41) is 54.4. The lowest BCUT2D eigenvalue weighted by Gasteiger charge is -2.40. The number of hydrogen-bond acceptors (Lipinski definition) is 8. The van der Waals surface area contributed by atoms with Gasteiger partial charge in [0.2, 0.25) is 5.91 Å². The molecule has 1 rings (SSSR count). The van der Waals surface area contributed by atoms with Gasteiger partial charge in [0.05, 0.1) is 25.4 Å². The highest BCUT2D eigenvalue weighted by molar-refractivity contribution is 5.76. The van der Waals surface area contributed by atoms with Gasteiger partial charge in [0.25, 0.3) is 0 Å². The van der Waals surface area contributed by atoms with Crippen molar-refractivity contribution in [3.63, 3.8) is 0 Å². The van der Waals surface area contributed by atoms with Crippen molar-refractivity contribution in [1.82, 2.24) is 5.32 Å². The fraction of sp³-hybridized carbons (Fsp3) is 0.772. The number of amides is 1. The van der Waals surface area contributed by atoms with Gasteiger partial charge < -0.3 is 40.3 Å². The third-order valence-corrected chi connectivity index (χ3v) is 12.5. The largest absolute Gasteiger partial charge is 0.394 e. The fourth-order valence-corrected chi connectivity index (χ4v) is 8.14. The Morgan fingerprint density at radius 3 is 1.38 bits per heavy atom. The molecule has 1 aliphatic heterocycles. The van der Waals surface area contributed by atoms with Crippen LogP contribution in [-0.2, 0) is 14.3 Å². The summed E-state index contributed by atoms with van der Waals surface area (Å²) in [6, 6.07) is -0.836. The van der Waals surface area contributed by atoms with Crippen LogP contribution >= 0.6 is 0 Å².